The summed E-state index contributed by atoms with van der Waals surface area (Å²) in [5, 5.41) is 3.17. The molecule has 1 aliphatic carbocycles. The van der Waals surface area contributed by atoms with E-state index in [-0.39, 0.29) is 23.5 Å². The number of carbonyl (C=O) groups excluding carboxylic acids is 1. The van der Waals surface area contributed by atoms with E-state index in [4.69, 9.17) is 13.9 Å². The van der Waals surface area contributed by atoms with Gasteiger partial charge >= 0.3 is 0 Å². The molecule has 0 radical (unpaired) electrons. The molecule has 1 N–H and O–H groups in total. The van der Waals surface area contributed by atoms with Crippen molar-refractivity contribution in [2.45, 2.75) is 78.0 Å². The molecule has 0 saturated carbocycles. The molecular weight excluding hydrogens is 318 g/mol. The van der Waals surface area contributed by atoms with E-state index in [0.717, 1.165) is 49.4 Å². The summed E-state index contributed by atoms with van der Waals surface area (Å²) in [7, 11) is 0. The van der Waals surface area contributed by atoms with Gasteiger partial charge in [0.2, 0.25) is 5.91 Å². The molecule has 1 aromatic rings. The zero-order valence-electron chi connectivity index (χ0n) is 15.9. The van der Waals surface area contributed by atoms with Crippen LogP contribution in [0.1, 0.15) is 69.6 Å². The Balaban J connectivity index is 1.57. The lowest BCUT2D eigenvalue weighted by Crippen LogP contribution is -2.41. The van der Waals surface area contributed by atoms with Crippen LogP contribution in [0.15, 0.2) is 10.5 Å². The van der Waals surface area contributed by atoms with E-state index in [2.05, 4.69) is 25.2 Å². The number of nitrogens with one attached hydrogen (secondary N) is 1. The second kappa shape index (κ2) is 7.50. The first-order valence-electron chi connectivity index (χ1n) is 9.47. The third kappa shape index (κ3) is 4.64. The third-order valence-corrected chi connectivity index (χ3v) is 5.23. The average Bonchev–Trinajstić information content (AvgIpc) is 2.92. The van der Waals surface area contributed by atoms with E-state index in [0.29, 0.717) is 6.61 Å². The summed E-state index contributed by atoms with van der Waals surface area (Å²) in [6.07, 6.45) is 4.78. The number of aryl methyl sites for hydroxylation is 1. The summed E-state index contributed by atoms with van der Waals surface area (Å²) >= 11 is 0. The van der Waals surface area contributed by atoms with Gasteiger partial charge in [0.1, 0.15) is 17.6 Å². The maximum Gasteiger partial charge on any atom is 0.249 e. The van der Waals surface area contributed by atoms with Crippen LogP contribution in [0.3, 0.4) is 0 Å². The monoisotopic (exact) mass is 349 g/mol. The lowest BCUT2D eigenvalue weighted by atomic mass is 9.74. The molecule has 1 aliphatic heterocycles. The number of hydrogen-bond donors (Lipinski definition) is 1. The van der Waals surface area contributed by atoms with Gasteiger partial charge in [-0.3, -0.25) is 4.79 Å². The normalized spacial score (nSPS) is 26.7. The highest BCUT2D eigenvalue weighted by atomic mass is 16.5. The smallest absolute Gasteiger partial charge is 0.249 e. The molecule has 2 aliphatic rings. The summed E-state index contributed by atoms with van der Waals surface area (Å²) in [5.41, 5.74) is 1.22. The Hall–Kier alpha value is -1.33. The van der Waals surface area contributed by atoms with Gasteiger partial charge in [-0.25, -0.2) is 0 Å². The highest BCUT2D eigenvalue weighted by Crippen LogP contribution is 2.42. The van der Waals surface area contributed by atoms with Crippen LogP contribution in [0.4, 0.5) is 0 Å². The van der Waals surface area contributed by atoms with Crippen LogP contribution < -0.4 is 5.32 Å². The molecule has 1 fully saturated rings. The van der Waals surface area contributed by atoms with Crippen LogP contribution in [0.2, 0.25) is 0 Å². The highest BCUT2D eigenvalue weighted by Gasteiger charge is 2.36. The quantitative estimate of drug-likeness (QED) is 0.881. The van der Waals surface area contributed by atoms with E-state index < -0.39 is 6.10 Å². The Morgan fingerprint density at radius 1 is 1.44 bits per heavy atom. The van der Waals surface area contributed by atoms with E-state index in [1.54, 1.807) is 0 Å². The molecule has 25 heavy (non-hydrogen) atoms. The molecule has 0 spiro atoms. The first-order chi connectivity index (χ1) is 11.8. The molecule has 3 atom stereocenters. The summed E-state index contributed by atoms with van der Waals surface area (Å²) in [6, 6.07) is 2.04. The fourth-order valence-corrected chi connectivity index (χ4v) is 3.87. The van der Waals surface area contributed by atoms with Crippen LogP contribution >= 0.6 is 0 Å². The number of amides is 1. The minimum Gasteiger partial charge on any atom is -0.466 e. The van der Waals surface area contributed by atoms with Crippen molar-refractivity contribution in [3.05, 3.63) is 23.2 Å². The second-order valence-corrected chi connectivity index (χ2v) is 8.31. The molecule has 140 valence electrons. The Labute approximate surface area is 150 Å². The average molecular weight is 349 g/mol. The molecule has 1 saturated heterocycles. The highest BCUT2D eigenvalue weighted by molar-refractivity contribution is 5.80. The molecule has 5 heteroatoms. The van der Waals surface area contributed by atoms with Gasteiger partial charge in [0.15, 0.2) is 0 Å². The number of carbonyl (C=O) groups is 1. The van der Waals surface area contributed by atoms with Crippen LogP contribution in [0.5, 0.6) is 0 Å². The van der Waals surface area contributed by atoms with Crippen molar-refractivity contribution in [3.8, 4) is 0 Å². The maximum absolute atomic E-state index is 12.6. The van der Waals surface area contributed by atoms with E-state index >= 15 is 0 Å². The standard InChI is InChI=1S/C20H31NO4/c1-13-9-16-17(10-20(3,4)11-18(16)25-13)21-19(22)14(2)24-12-15-7-5-6-8-23-15/h9,14-15,17H,5-8,10-12H2,1-4H3,(H,21,22)/t14-,15+,17+/m1/s1. The predicted octanol–water partition coefficient (Wildman–Crippen LogP) is 3.69. The van der Waals surface area contributed by atoms with E-state index in [9.17, 15) is 4.79 Å². The van der Waals surface area contributed by atoms with Crippen LogP contribution in [0.25, 0.3) is 0 Å². The molecular formula is C20H31NO4. The lowest BCUT2D eigenvalue weighted by molar-refractivity contribution is -0.136. The summed E-state index contributed by atoms with van der Waals surface area (Å²) in [5.74, 6) is 1.84. The molecule has 2 heterocycles. The van der Waals surface area contributed by atoms with Gasteiger partial charge in [-0.05, 0) is 51.0 Å². The SMILES string of the molecule is Cc1cc2c(o1)CC(C)(C)C[C@@H]2NC(=O)[C@@H](C)OC[C@@H]1CCCCO1. The first kappa shape index (κ1) is 18.5. The van der Waals surface area contributed by atoms with Crippen molar-refractivity contribution in [1.82, 2.24) is 5.32 Å². The fourth-order valence-electron chi connectivity index (χ4n) is 3.87. The van der Waals surface area contributed by atoms with Crippen molar-refractivity contribution in [3.63, 3.8) is 0 Å². The minimum atomic E-state index is -0.480. The topological polar surface area (TPSA) is 60.7 Å². The Kier molecular flexibility index (Phi) is 5.54. The van der Waals surface area contributed by atoms with Gasteiger partial charge in [-0.15, -0.1) is 0 Å². The molecule has 0 bridgehead atoms. The van der Waals surface area contributed by atoms with Gasteiger partial charge in [0.25, 0.3) is 0 Å². The predicted molar refractivity (Wildman–Crippen MR) is 95.4 cm³/mol. The molecule has 1 amide bonds. The van der Waals surface area contributed by atoms with Gasteiger partial charge in [-0.1, -0.05) is 13.8 Å². The number of rotatable bonds is 5. The molecule has 0 unspecified atom stereocenters. The number of fused-ring (bicyclic) bond motifs is 1. The molecule has 1 aromatic heterocycles. The van der Waals surface area contributed by atoms with Crippen molar-refractivity contribution in [2.24, 2.45) is 5.41 Å². The fraction of sp³-hybridized carbons (Fsp3) is 0.750. The minimum absolute atomic E-state index is 0.0133. The summed E-state index contributed by atoms with van der Waals surface area (Å²) in [6.45, 7) is 9.49. The second-order valence-electron chi connectivity index (χ2n) is 8.31. The van der Waals surface area contributed by atoms with Crippen molar-refractivity contribution in [2.75, 3.05) is 13.2 Å². The summed E-state index contributed by atoms with van der Waals surface area (Å²) in [4.78, 5) is 12.6. The van der Waals surface area contributed by atoms with Crippen LogP contribution in [-0.4, -0.2) is 31.3 Å². The van der Waals surface area contributed by atoms with Gasteiger partial charge in [0.05, 0.1) is 18.8 Å². The van der Waals surface area contributed by atoms with Crippen molar-refractivity contribution >= 4 is 5.91 Å². The third-order valence-electron chi connectivity index (χ3n) is 5.23. The van der Waals surface area contributed by atoms with Crippen molar-refractivity contribution < 1.29 is 18.7 Å². The lowest BCUT2D eigenvalue weighted by Gasteiger charge is -2.35. The van der Waals surface area contributed by atoms with Crippen LogP contribution in [0, 0.1) is 12.3 Å². The zero-order valence-corrected chi connectivity index (χ0v) is 15.9. The van der Waals surface area contributed by atoms with E-state index in [1.807, 2.05) is 13.8 Å². The Morgan fingerprint density at radius 2 is 2.24 bits per heavy atom. The zero-order chi connectivity index (χ0) is 18.0. The molecule has 5 nitrogen and oxygen atoms in total. The van der Waals surface area contributed by atoms with E-state index in [1.165, 1.54) is 6.42 Å². The molecule has 3 rings (SSSR count). The van der Waals surface area contributed by atoms with Crippen molar-refractivity contribution in [1.29, 1.82) is 0 Å². The van der Waals surface area contributed by atoms with Gasteiger partial charge in [-0.2, -0.15) is 0 Å². The Morgan fingerprint density at radius 3 is 2.96 bits per heavy atom. The maximum atomic E-state index is 12.6. The summed E-state index contributed by atoms with van der Waals surface area (Å²) < 4.78 is 17.3. The van der Waals surface area contributed by atoms with Gasteiger partial charge in [0, 0.05) is 18.6 Å². The number of ether oxygens (including phenoxy) is 2. The van der Waals surface area contributed by atoms with Crippen LogP contribution in [-0.2, 0) is 20.7 Å². The number of hydrogen-bond acceptors (Lipinski definition) is 4. The largest absolute Gasteiger partial charge is 0.466 e. The molecule has 0 aromatic carbocycles. The number of furan rings is 1. The first-order valence-corrected chi connectivity index (χ1v) is 9.47. The Bertz CT molecular complexity index is 601. The van der Waals surface area contributed by atoms with Gasteiger partial charge < -0.3 is 19.2 Å².